The van der Waals surface area contributed by atoms with Gasteiger partial charge in [0, 0.05) is 25.1 Å². The summed E-state index contributed by atoms with van der Waals surface area (Å²) in [5, 5.41) is 2.87. The maximum Gasteiger partial charge on any atom is 0.264 e. The Hall–Kier alpha value is -4.70. The average Bonchev–Trinajstić information content (AvgIpc) is 3.05. The van der Waals surface area contributed by atoms with Crippen molar-refractivity contribution >= 4 is 27.5 Å². The fourth-order valence-electron chi connectivity index (χ4n) is 4.80. The third-order valence-corrected chi connectivity index (χ3v) is 8.86. The minimum absolute atomic E-state index is 0.0270. The molecule has 0 radical (unpaired) electrons. The molecular formula is C34H36FN3O5S. The van der Waals surface area contributed by atoms with Crippen molar-refractivity contribution in [3.63, 3.8) is 0 Å². The summed E-state index contributed by atoms with van der Waals surface area (Å²) < 4.78 is 49.6. The second kappa shape index (κ2) is 15.2. The molecule has 4 aromatic rings. The Morgan fingerprint density at radius 2 is 1.48 bits per heavy atom. The van der Waals surface area contributed by atoms with Crippen LogP contribution in [-0.4, -0.2) is 51.4 Å². The molecule has 1 atom stereocenters. The zero-order valence-electron chi connectivity index (χ0n) is 24.7. The van der Waals surface area contributed by atoms with E-state index < -0.39 is 40.2 Å². The van der Waals surface area contributed by atoms with Crippen LogP contribution in [0.3, 0.4) is 0 Å². The zero-order valence-corrected chi connectivity index (χ0v) is 25.5. The fraction of sp³-hybridized carbons (Fsp3) is 0.235. The summed E-state index contributed by atoms with van der Waals surface area (Å²) in [6.45, 7) is 1.36. The first-order chi connectivity index (χ1) is 21.3. The number of rotatable bonds is 14. The van der Waals surface area contributed by atoms with E-state index >= 15 is 0 Å². The lowest BCUT2D eigenvalue weighted by Crippen LogP contribution is -2.53. The predicted octanol–water partition coefficient (Wildman–Crippen LogP) is 5.20. The number of carbonyl (C=O) groups excluding carboxylic acids is 2. The van der Waals surface area contributed by atoms with Crippen LogP contribution in [0.15, 0.2) is 114 Å². The second-order valence-corrected chi connectivity index (χ2v) is 12.0. The van der Waals surface area contributed by atoms with E-state index in [0.29, 0.717) is 13.0 Å². The molecule has 0 saturated carbocycles. The number of hydrogen-bond donors (Lipinski definition) is 1. The van der Waals surface area contributed by atoms with Crippen molar-refractivity contribution in [2.24, 2.45) is 0 Å². The van der Waals surface area contributed by atoms with Gasteiger partial charge in [-0.1, -0.05) is 85.8 Å². The second-order valence-electron chi connectivity index (χ2n) is 10.1. The van der Waals surface area contributed by atoms with Crippen molar-refractivity contribution in [1.82, 2.24) is 10.2 Å². The van der Waals surface area contributed by atoms with Gasteiger partial charge in [-0.15, -0.1) is 0 Å². The van der Waals surface area contributed by atoms with Crippen LogP contribution in [0, 0.1) is 5.82 Å². The molecule has 8 nitrogen and oxygen atoms in total. The van der Waals surface area contributed by atoms with Gasteiger partial charge in [0.15, 0.2) is 0 Å². The number of nitrogens with zero attached hydrogens (tertiary/aromatic N) is 2. The van der Waals surface area contributed by atoms with Crippen LogP contribution in [0.5, 0.6) is 5.75 Å². The van der Waals surface area contributed by atoms with Crippen molar-refractivity contribution in [3.8, 4) is 5.75 Å². The maximum absolute atomic E-state index is 15.0. The molecule has 0 saturated heterocycles. The number of amides is 2. The molecule has 0 heterocycles. The van der Waals surface area contributed by atoms with E-state index in [-0.39, 0.29) is 34.9 Å². The van der Waals surface area contributed by atoms with Crippen LogP contribution >= 0.6 is 0 Å². The molecule has 0 spiro atoms. The molecule has 10 heteroatoms. The first kappa shape index (κ1) is 32.2. The predicted molar refractivity (Wildman–Crippen MR) is 168 cm³/mol. The Balaban J connectivity index is 1.82. The molecule has 0 fully saturated rings. The number of anilines is 1. The normalized spacial score (nSPS) is 11.8. The summed E-state index contributed by atoms with van der Waals surface area (Å²) in [5.41, 5.74) is 1.12. The third kappa shape index (κ3) is 7.82. The molecule has 0 aliphatic heterocycles. The van der Waals surface area contributed by atoms with Gasteiger partial charge in [-0.05, 0) is 42.3 Å². The summed E-state index contributed by atoms with van der Waals surface area (Å²) in [6.07, 6.45) is 0.804. The lowest BCUT2D eigenvalue weighted by molar-refractivity contribution is -0.140. The molecule has 0 aliphatic rings. The van der Waals surface area contributed by atoms with Crippen LogP contribution in [0.2, 0.25) is 0 Å². The van der Waals surface area contributed by atoms with Crippen LogP contribution in [0.1, 0.15) is 24.5 Å². The summed E-state index contributed by atoms with van der Waals surface area (Å²) in [6, 6.07) is 28.4. The summed E-state index contributed by atoms with van der Waals surface area (Å²) in [4.78, 5) is 29.3. The van der Waals surface area contributed by atoms with Crippen LogP contribution in [-0.2, 0) is 32.6 Å². The van der Waals surface area contributed by atoms with Gasteiger partial charge in [0.25, 0.3) is 10.0 Å². The first-order valence-electron chi connectivity index (χ1n) is 14.3. The Morgan fingerprint density at radius 1 is 0.864 bits per heavy atom. The number of nitrogens with one attached hydrogen (secondary N) is 1. The number of hydrogen-bond acceptors (Lipinski definition) is 5. The highest BCUT2D eigenvalue weighted by atomic mass is 32.2. The number of methoxy groups -OCH3 is 1. The lowest BCUT2D eigenvalue weighted by atomic mass is 10.0. The molecule has 0 unspecified atom stereocenters. The highest BCUT2D eigenvalue weighted by Gasteiger charge is 2.35. The molecule has 230 valence electrons. The number of sulfonamides is 1. The smallest absolute Gasteiger partial charge is 0.264 e. The lowest BCUT2D eigenvalue weighted by Gasteiger charge is -2.34. The molecule has 1 N–H and O–H groups in total. The Labute approximate surface area is 258 Å². The molecule has 2 amide bonds. The zero-order chi connectivity index (χ0) is 31.5. The standard InChI is InChI=1S/C34H36FN3O5S/c1-3-22-36-34(40)31(23-26-14-6-4-7-15-26)37(24-27-16-10-11-19-29(27)35)33(39)25-38(30-20-12-13-21-32(30)43-2)44(41,42)28-17-8-5-9-18-28/h4-21,31H,3,22-25H2,1-2H3,(H,36,40)/t31-/m0/s1. The van der Waals surface area contributed by atoms with Gasteiger partial charge in [-0.25, -0.2) is 12.8 Å². The summed E-state index contributed by atoms with van der Waals surface area (Å²) >= 11 is 0. The van der Waals surface area contributed by atoms with Crippen molar-refractivity contribution in [3.05, 3.63) is 126 Å². The van der Waals surface area contributed by atoms with Gasteiger partial charge in [-0.3, -0.25) is 13.9 Å². The number of para-hydroxylation sites is 2. The number of carbonyl (C=O) groups is 2. The van der Waals surface area contributed by atoms with Gasteiger partial charge in [0.1, 0.15) is 24.2 Å². The van der Waals surface area contributed by atoms with E-state index in [1.54, 1.807) is 48.5 Å². The van der Waals surface area contributed by atoms with Crippen molar-refractivity contribution in [1.29, 1.82) is 0 Å². The van der Waals surface area contributed by atoms with E-state index in [4.69, 9.17) is 4.74 Å². The maximum atomic E-state index is 15.0. The minimum Gasteiger partial charge on any atom is -0.495 e. The fourth-order valence-corrected chi connectivity index (χ4v) is 6.24. The van der Waals surface area contributed by atoms with Gasteiger partial charge < -0.3 is 15.0 Å². The van der Waals surface area contributed by atoms with Gasteiger partial charge in [-0.2, -0.15) is 0 Å². The van der Waals surface area contributed by atoms with Gasteiger partial charge >= 0.3 is 0 Å². The highest BCUT2D eigenvalue weighted by molar-refractivity contribution is 7.92. The average molecular weight is 618 g/mol. The molecular weight excluding hydrogens is 581 g/mol. The quantitative estimate of drug-likeness (QED) is 0.210. The van der Waals surface area contributed by atoms with Gasteiger partial charge in [0.05, 0.1) is 17.7 Å². The van der Waals surface area contributed by atoms with Crippen LogP contribution in [0.25, 0.3) is 0 Å². The van der Waals surface area contributed by atoms with Crippen molar-refractivity contribution in [2.45, 2.75) is 37.2 Å². The molecule has 0 aliphatic carbocycles. The van der Waals surface area contributed by atoms with E-state index in [1.165, 1.54) is 42.3 Å². The van der Waals surface area contributed by atoms with E-state index in [0.717, 1.165) is 9.87 Å². The van der Waals surface area contributed by atoms with Gasteiger partial charge in [0.2, 0.25) is 11.8 Å². The number of ether oxygens (including phenoxy) is 1. The van der Waals surface area contributed by atoms with Crippen molar-refractivity contribution < 1.29 is 27.1 Å². The largest absolute Gasteiger partial charge is 0.495 e. The number of halogens is 1. The Bertz CT molecular complexity index is 1650. The molecule has 44 heavy (non-hydrogen) atoms. The van der Waals surface area contributed by atoms with Crippen molar-refractivity contribution in [2.75, 3.05) is 24.5 Å². The number of benzene rings is 4. The summed E-state index contributed by atoms with van der Waals surface area (Å²) in [7, 11) is -2.87. The first-order valence-corrected chi connectivity index (χ1v) is 15.8. The third-order valence-electron chi connectivity index (χ3n) is 7.08. The van der Waals surface area contributed by atoms with E-state index in [2.05, 4.69) is 5.32 Å². The molecule has 0 aromatic heterocycles. The summed E-state index contributed by atoms with van der Waals surface area (Å²) in [5.74, 6) is -1.42. The molecule has 4 rings (SSSR count). The van der Waals surface area contributed by atoms with Crippen LogP contribution < -0.4 is 14.4 Å². The Morgan fingerprint density at radius 3 is 2.14 bits per heavy atom. The molecule has 4 aromatic carbocycles. The topological polar surface area (TPSA) is 96.0 Å². The Kier molecular flexibility index (Phi) is 11.1. The van der Waals surface area contributed by atoms with E-state index in [9.17, 15) is 22.4 Å². The SMILES string of the molecule is CCCNC(=O)[C@H](Cc1ccccc1)N(Cc1ccccc1F)C(=O)CN(c1ccccc1OC)S(=O)(=O)c1ccccc1. The highest BCUT2D eigenvalue weighted by Crippen LogP contribution is 2.32. The monoisotopic (exact) mass is 617 g/mol. The minimum atomic E-state index is -4.28. The molecule has 0 bridgehead atoms. The van der Waals surface area contributed by atoms with E-state index in [1.807, 2.05) is 37.3 Å². The van der Waals surface area contributed by atoms with Crippen LogP contribution in [0.4, 0.5) is 10.1 Å².